The van der Waals surface area contributed by atoms with Crippen molar-refractivity contribution in [3.05, 3.63) is 0 Å². The van der Waals surface area contributed by atoms with Crippen molar-refractivity contribution in [1.82, 2.24) is 10.2 Å². The fraction of sp³-hybridized carbons (Fsp3) is 0.719. The number of hydrogen-bond acceptors (Lipinski definition) is 15. The molecule has 278 valence electrons. The van der Waals surface area contributed by atoms with Gasteiger partial charge >= 0.3 is 41.8 Å². The second kappa shape index (κ2) is 14.7. The van der Waals surface area contributed by atoms with Gasteiger partial charge in [-0.3, -0.25) is 33.7 Å². The van der Waals surface area contributed by atoms with E-state index in [1.807, 2.05) is 27.7 Å². The molecule has 0 aromatic rings. The summed E-state index contributed by atoms with van der Waals surface area (Å²) in [6.45, 7) is 13.2. The lowest BCUT2D eigenvalue weighted by Gasteiger charge is -2.70. The van der Waals surface area contributed by atoms with Gasteiger partial charge in [-0.1, -0.05) is 27.7 Å². The number of hydrogen-bond donors (Lipinski definition) is 1. The summed E-state index contributed by atoms with van der Waals surface area (Å²) in [4.78, 5) is 107. The lowest BCUT2D eigenvalue weighted by molar-refractivity contribution is -0.309. The molecule has 1 N–H and O–H groups in total. The number of carbonyl (C=O) groups excluding carboxylic acids is 8. The summed E-state index contributed by atoms with van der Waals surface area (Å²) in [5.74, 6) is -6.80. The number of rotatable bonds is 10. The van der Waals surface area contributed by atoms with Gasteiger partial charge in [0.25, 0.3) is 0 Å². The number of methoxy groups -OCH3 is 1. The van der Waals surface area contributed by atoms with Crippen molar-refractivity contribution >= 4 is 53.6 Å². The number of urea groups is 1. The van der Waals surface area contributed by atoms with Crippen LogP contribution in [0, 0.1) is 16.7 Å². The largest absolute Gasteiger partial charge is 0.465 e. The van der Waals surface area contributed by atoms with Crippen molar-refractivity contribution in [1.29, 1.82) is 0 Å². The third-order valence-corrected chi connectivity index (χ3v) is 9.56. The second-order valence-corrected chi connectivity index (χ2v) is 13.5. The van der Waals surface area contributed by atoms with Gasteiger partial charge < -0.3 is 38.5 Å². The molecular weight excluding hydrogens is 666 g/mol. The van der Waals surface area contributed by atoms with E-state index < -0.39 is 120 Å². The van der Waals surface area contributed by atoms with Crippen LogP contribution in [0.1, 0.15) is 75.7 Å². The van der Waals surface area contributed by atoms with Crippen molar-refractivity contribution < 1.29 is 71.5 Å². The molecule has 0 unspecified atom stereocenters. The van der Waals surface area contributed by atoms with Crippen LogP contribution in [0.5, 0.6) is 0 Å². The summed E-state index contributed by atoms with van der Waals surface area (Å²) in [5.41, 5.74) is -4.01. The molecule has 0 spiro atoms. The quantitative estimate of drug-likeness (QED) is 0.246. The van der Waals surface area contributed by atoms with Crippen LogP contribution in [0.4, 0.5) is 4.79 Å². The molecule has 50 heavy (non-hydrogen) atoms. The van der Waals surface area contributed by atoms with Gasteiger partial charge in [-0.25, -0.2) is 9.59 Å². The normalized spacial score (nSPS) is 28.9. The van der Waals surface area contributed by atoms with Crippen LogP contribution in [0.15, 0.2) is 4.99 Å². The molecule has 3 aliphatic rings. The van der Waals surface area contributed by atoms with E-state index in [1.54, 1.807) is 0 Å². The summed E-state index contributed by atoms with van der Waals surface area (Å²) in [6, 6.07) is -1.97. The minimum atomic E-state index is -2.55. The zero-order valence-corrected chi connectivity index (χ0v) is 30.0. The minimum Gasteiger partial charge on any atom is -0.465 e. The maximum absolute atomic E-state index is 14.2. The predicted octanol–water partition coefficient (Wildman–Crippen LogP) is 0.956. The molecule has 3 rings (SSSR count). The Hall–Kier alpha value is -4.61. The van der Waals surface area contributed by atoms with E-state index in [4.69, 9.17) is 33.2 Å². The monoisotopic (exact) mass is 711 g/mol. The standard InChI is InChI=1S/C32H45N3O15/c1-14(36)33-27-22-26(31(9,10)30(22,7)8)35(29(43)34-27)32(28(42)44-11)12-20(46-16(3)38)23(48-18(5)40)25(50-32)24(49-19(6)41)21(47-17(4)39)13-45-15(2)37/h20-26H,12-13H2,1-11H3,(H,33,34,36,43)/t20-,21+,22+,23+,24+,25+,26+,32+/m0/s1. The number of esters is 6. The van der Waals surface area contributed by atoms with Gasteiger partial charge in [0.2, 0.25) is 11.6 Å². The zero-order valence-electron chi connectivity index (χ0n) is 30.0. The first-order chi connectivity index (χ1) is 23.0. The molecule has 1 saturated carbocycles. The van der Waals surface area contributed by atoms with Crippen LogP contribution in [0.2, 0.25) is 0 Å². The van der Waals surface area contributed by atoms with Crippen LogP contribution >= 0.6 is 0 Å². The van der Waals surface area contributed by atoms with Gasteiger partial charge in [0.15, 0.2) is 18.3 Å². The maximum Gasteiger partial charge on any atom is 0.360 e. The molecule has 0 radical (unpaired) electrons. The number of aliphatic imine (C=N–C) groups is 1. The lowest BCUT2D eigenvalue weighted by Crippen LogP contribution is -2.82. The van der Waals surface area contributed by atoms with E-state index in [9.17, 15) is 38.4 Å². The third kappa shape index (κ3) is 7.58. The number of amidine groups is 1. The van der Waals surface area contributed by atoms with E-state index >= 15 is 0 Å². The number of ether oxygens (including phenoxy) is 7. The summed E-state index contributed by atoms with van der Waals surface area (Å²) >= 11 is 0. The van der Waals surface area contributed by atoms with Crippen molar-refractivity contribution in [2.24, 2.45) is 21.7 Å². The molecule has 2 aliphatic heterocycles. The highest BCUT2D eigenvalue weighted by Crippen LogP contribution is 2.65. The van der Waals surface area contributed by atoms with E-state index in [0.717, 1.165) is 46.6 Å². The summed E-state index contributed by atoms with van der Waals surface area (Å²) in [7, 11) is 1.02. The van der Waals surface area contributed by atoms with Gasteiger partial charge in [0.1, 0.15) is 24.7 Å². The Kier molecular flexibility index (Phi) is 11.7. The van der Waals surface area contributed by atoms with E-state index in [0.29, 0.717) is 0 Å². The van der Waals surface area contributed by atoms with Gasteiger partial charge in [-0.15, -0.1) is 0 Å². The highest BCUT2D eigenvalue weighted by Gasteiger charge is 2.74. The second-order valence-electron chi connectivity index (χ2n) is 13.5. The maximum atomic E-state index is 14.2. The van der Waals surface area contributed by atoms with Crippen LogP contribution in [-0.4, -0.2) is 114 Å². The molecule has 1 saturated heterocycles. The third-order valence-electron chi connectivity index (χ3n) is 9.56. The average Bonchev–Trinajstić information content (AvgIpc) is 2.97. The fourth-order valence-corrected chi connectivity index (χ4v) is 7.02. The van der Waals surface area contributed by atoms with Crippen LogP contribution < -0.4 is 5.32 Å². The van der Waals surface area contributed by atoms with E-state index in [2.05, 4.69) is 10.3 Å². The first kappa shape index (κ1) is 39.8. The van der Waals surface area contributed by atoms with E-state index in [1.165, 1.54) is 6.92 Å². The smallest absolute Gasteiger partial charge is 0.360 e. The highest BCUT2D eigenvalue weighted by atomic mass is 16.7. The Bertz CT molecular complexity index is 1470. The van der Waals surface area contributed by atoms with Crippen LogP contribution in [0.3, 0.4) is 0 Å². The van der Waals surface area contributed by atoms with E-state index in [-0.39, 0.29) is 5.84 Å². The molecule has 18 nitrogen and oxygen atoms in total. The fourth-order valence-electron chi connectivity index (χ4n) is 7.02. The Morgan fingerprint density at radius 1 is 0.860 bits per heavy atom. The Morgan fingerprint density at radius 3 is 1.92 bits per heavy atom. The summed E-state index contributed by atoms with van der Waals surface area (Å²) < 4.78 is 39.0. The Morgan fingerprint density at radius 2 is 1.44 bits per heavy atom. The van der Waals surface area contributed by atoms with Gasteiger partial charge in [0.05, 0.1) is 13.2 Å². The molecule has 2 fully saturated rings. The first-order valence-electron chi connectivity index (χ1n) is 15.8. The SMILES string of the molecule is COC(=O)[C@@]1(N2C(=O)N=C(NC(C)=O)[C@H]3[C@@H]2C(C)(C)C3(C)C)C[C@H](OC(C)=O)[C@@H](OC(C)=O)[C@H]([C@H](OC(C)=O)[C@@H](COC(C)=O)OC(C)=O)O1. The molecule has 18 heteroatoms. The van der Waals surface area contributed by atoms with Crippen molar-refractivity contribution in [3.8, 4) is 0 Å². The van der Waals surface area contributed by atoms with Gasteiger partial charge in [-0.2, -0.15) is 4.99 Å². The Labute approximate surface area is 288 Å². The molecule has 2 heterocycles. The van der Waals surface area contributed by atoms with Crippen molar-refractivity contribution in [2.45, 2.75) is 118 Å². The number of fused-ring (bicyclic) bond motifs is 1. The number of carbonyl (C=O) groups is 8. The molecule has 0 aromatic carbocycles. The molecule has 0 aromatic heterocycles. The Balaban J connectivity index is 2.39. The molecule has 1 aliphatic carbocycles. The summed E-state index contributed by atoms with van der Waals surface area (Å²) in [5, 5.41) is 2.62. The zero-order chi connectivity index (χ0) is 38.1. The minimum absolute atomic E-state index is 0.0591. The summed E-state index contributed by atoms with van der Waals surface area (Å²) in [6.07, 6.45) is -9.30. The van der Waals surface area contributed by atoms with Crippen LogP contribution in [-0.2, 0) is 66.7 Å². The number of amides is 3. The average molecular weight is 712 g/mol. The van der Waals surface area contributed by atoms with Gasteiger partial charge in [-0.05, 0) is 10.8 Å². The first-order valence-corrected chi connectivity index (χ1v) is 15.8. The number of nitrogens with zero attached hydrogens (tertiary/aromatic N) is 2. The molecule has 8 atom stereocenters. The predicted molar refractivity (Wildman–Crippen MR) is 166 cm³/mol. The van der Waals surface area contributed by atoms with Crippen molar-refractivity contribution in [3.63, 3.8) is 0 Å². The van der Waals surface area contributed by atoms with Crippen molar-refractivity contribution in [2.75, 3.05) is 13.7 Å². The molecule has 0 bridgehead atoms. The molecular formula is C32H45N3O15. The lowest BCUT2D eigenvalue weighted by atomic mass is 9.42. The van der Waals surface area contributed by atoms with Gasteiger partial charge in [0, 0.05) is 53.9 Å². The molecule has 3 amide bonds. The highest BCUT2D eigenvalue weighted by molar-refractivity contribution is 6.07. The van der Waals surface area contributed by atoms with Crippen LogP contribution in [0.25, 0.3) is 0 Å². The number of nitrogens with one attached hydrogen (secondary N) is 1. The topological polar surface area (TPSA) is 229 Å².